The lowest BCUT2D eigenvalue weighted by molar-refractivity contribution is 1.57. The molecule has 5 aromatic rings. The van der Waals surface area contributed by atoms with E-state index in [2.05, 4.69) is 72.0 Å². The largest absolute Gasteiger partial charge is 0.397 e. The fourth-order valence-electron chi connectivity index (χ4n) is 3.75. The van der Waals surface area contributed by atoms with Crippen molar-refractivity contribution in [1.29, 1.82) is 0 Å². The molecule has 0 saturated heterocycles. The number of hydrogen-bond donors (Lipinski definition) is 2. The summed E-state index contributed by atoms with van der Waals surface area (Å²) in [5.41, 5.74) is 8.80. The Balaban J connectivity index is 1.79. The van der Waals surface area contributed by atoms with Crippen molar-refractivity contribution >= 4 is 49.4 Å². The van der Waals surface area contributed by atoms with Crippen LogP contribution >= 0.6 is 0 Å². The Morgan fingerprint density at radius 3 is 1.62 bits per heavy atom. The predicted molar refractivity (Wildman–Crippen MR) is 113 cm³/mol. The molecule has 0 aliphatic heterocycles. The molecule has 2 heteroatoms. The zero-order valence-electron chi connectivity index (χ0n) is 14.2. The average molecular weight is 334 g/mol. The summed E-state index contributed by atoms with van der Waals surface area (Å²) in [6.45, 7) is 0. The minimum atomic E-state index is 0.746. The first-order chi connectivity index (χ1) is 12.8. The summed E-state index contributed by atoms with van der Waals surface area (Å²) < 4.78 is 0. The molecule has 5 aromatic carbocycles. The summed E-state index contributed by atoms with van der Waals surface area (Å²) in [4.78, 5) is 0. The second kappa shape index (κ2) is 5.78. The summed E-state index contributed by atoms with van der Waals surface area (Å²) in [7, 11) is 0. The zero-order chi connectivity index (χ0) is 17.5. The minimum Gasteiger partial charge on any atom is -0.397 e. The maximum absolute atomic E-state index is 6.08. The van der Waals surface area contributed by atoms with Crippen molar-refractivity contribution < 1.29 is 0 Å². The quantitative estimate of drug-likeness (QED) is 0.287. The smallest absolute Gasteiger partial charge is 0.0617 e. The molecule has 124 valence electrons. The third-order valence-electron chi connectivity index (χ3n) is 4.98. The van der Waals surface area contributed by atoms with Crippen molar-refractivity contribution in [3.63, 3.8) is 0 Å². The molecule has 0 amide bonds. The molecule has 0 bridgehead atoms. The lowest BCUT2D eigenvalue weighted by Gasteiger charge is -2.13. The van der Waals surface area contributed by atoms with E-state index < -0.39 is 0 Å². The van der Waals surface area contributed by atoms with E-state index in [9.17, 15) is 0 Å². The van der Waals surface area contributed by atoms with E-state index >= 15 is 0 Å². The summed E-state index contributed by atoms with van der Waals surface area (Å²) in [5.74, 6) is 0. The Morgan fingerprint density at radius 2 is 1.00 bits per heavy atom. The molecule has 0 spiro atoms. The molecule has 0 atom stereocenters. The highest BCUT2D eigenvalue weighted by Gasteiger charge is 2.09. The second-order valence-corrected chi connectivity index (χ2v) is 6.56. The van der Waals surface area contributed by atoms with Crippen LogP contribution in [-0.4, -0.2) is 0 Å². The molecule has 0 radical (unpaired) electrons. The number of nitrogens with one attached hydrogen (secondary N) is 1. The van der Waals surface area contributed by atoms with Gasteiger partial charge in [0.05, 0.1) is 11.4 Å². The number of benzene rings is 5. The summed E-state index contributed by atoms with van der Waals surface area (Å²) >= 11 is 0. The number of fused-ring (bicyclic) bond motifs is 6. The van der Waals surface area contributed by atoms with Gasteiger partial charge in [0.2, 0.25) is 0 Å². The van der Waals surface area contributed by atoms with Crippen molar-refractivity contribution in [2.45, 2.75) is 0 Å². The maximum Gasteiger partial charge on any atom is 0.0617 e. The molecule has 0 heterocycles. The van der Waals surface area contributed by atoms with Crippen LogP contribution < -0.4 is 11.1 Å². The van der Waals surface area contributed by atoms with Crippen molar-refractivity contribution in [3.8, 4) is 0 Å². The van der Waals surface area contributed by atoms with Crippen LogP contribution in [0.3, 0.4) is 0 Å². The fraction of sp³-hybridized carbons (Fsp3) is 0. The Morgan fingerprint density at radius 1 is 0.500 bits per heavy atom. The van der Waals surface area contributed by atoms with Gasteiger partial charge >= 0.3 is 0 Å². The van der Waals surface area contributed by atoms with Crippen molar-refractivity contribution in [2.75, 3.05) is 11.1 Å². The van der Waals surface area contributed by atoms with Gasteiger partial charge in [-0.25, -0.2) is 0 Å². The second-order valence-electron chi connectivity index (χ2n) is 6.56. The lowest BCUT2D eigenvalue weighted by atomic mass is 9.94. The Kier molecular flexibility index (Phi) is 3.29. The topological polar surface area (TPSA) is 38.0 Å². The molecule has 0 aromatic heterocycles. The first kappa shape index (κ1) is 14.8. The van der Waals surface area contributed by atoms with Gasteiger partial charge in [0.25, 0.3) is 0 Å². The van der Waals surface area contributed by atoms with Gasteiger partial charge in [-0.1, -0.05) is 66.7 Å². The monoisotopic (exact) mass is 334 g/mol. The molecule has 3 N–H and O–H groups in total. The Bertz CT molecular complexity index is 1240. The van der Waals surface area contributed by atoms with E-state index in [1.54, 1.807) is 0 Å². The van der Waals surface area contributed by atoms with Crippen LogP contribution in [0.2, 0.25) is 0 Å². The number of para-hydroxylation sites is 2. The van der Waals surface area contributed by atoms with Crippen molar-refractivity contribution in [1.82, 2.24) is 0 Å². The minimum absolute atomic E-state index is 0.746. The SMILES string of the molecule is Nc1ccccc1Nc1ccc2c3ccccc3c3ccccc3c2c1. The third-order valence-corrected chi connectivity index (χ3v) is 4.98. The highest BCUT2D eigenvalue weighted by Crippen LogP contribution is 2.36. The standard InChI is InChI=1S/C24H18N2/c25-23-11-5-6-12-24(23)26-16-13-14-21-19-9-2-1-7-17(19)18-8-3-4-10-20(18)22(21)15-16/h1-15,26H,25H2. The number of nitrogens with two attached hydrogens (primary N) is 1. The van der Waals surface area contributed by atoms with Gasteiger partial charge in [0.1, 0.15) is 0 Å². The van der Waals surface area contributed by atoms with Crippen LogP contribution in [0.4, 0.5) is 17.1 Å². The third kappa shape index (κ3) is 2.27. The van der Waals surface area contributed by atoms with Crippen molar-refractivity contribution in [2.24, 2.45) is 0 Å². The van der Waals surface area contributed by atoms with Gasteiger partial charge in [-0.2, -0.15) is 0 Å². The molecule has 26 heavy (non-hydrogen) atoms. The first-order valence-corrected chi connectivity index (χ1v) is 8.76. The number of hydrogen-bond acceptors (Lipinski definition) is 2. The van der Waals surface area contributed by atoms with E-state index in [0.717, 1.165) is 17.1 Å². The molecule has 2 nitrogen and oxygen atoms in total. The molecular formula is C24H18N2. The number of rotatable bonds is 2. The summed E-state index contributed by atoms with van der Waals surface area (Å²) in [6, 6.07) is 31.6. The highest BCUT2D eigenvalue weighted by molar-refractivity contribution is 6.25. The van der Waals surface area contributed by atoms with E-state index in [0.29, 0.717) is 0 Å². The molecule has 5 rings (SSSR count). The van der Waals surface area contributed by atoms with Crippen LogP contribution in [0.25, 0.3) is 32.3 Å². The fourth-order valence-corrected chi connectivity index (χ4v) is 3.75. The number of nitrogen functional groups attached to an aromatic ring is 1. The van der Waals surface area contributed by atoms with Gasteiger partial charge in [0, 0.05) is 5.69 Å². The molecule has 0 fully saturated rings. The molecular weight excluding hydrogens is 316 g/mol. The van der Waals surface area contributed by atoms with Gasteiger partial charge in [-0.3, -0.25) is 0 Å². The van der Waals surface area contributed by atoms with Gasteiger partial charge in [-0.05, 0) is 56.6 Å². The first-order valence-electron chi connectivity index (χ1n) is 8.76. The number of anilines is 3. The van der Waals surface area contributed by atoms with Gasteiger partial charge < -0.3 is 11.1 Å². The highest BCUT2D eigenvalue weighted by atomic mass is 14.9. The Labute approximate surface area is 151 Å². The van der Waals surface area contributed by atoms with Crippen molar-refractivity contribution in [3.05, 3.63) is 91.0 Å². The molecule has 0 aliphatic rings. The van der Waals surface area contributed by atoms with Gasteiger partial charge in [0.15, 0.2) is 0 Å². The summed E-state index contributed by atoms with van der Waals surface area (Å²) in [6.07, 6.45) is 0. The predicted octanol–water partition coefficient (Wildman–Crippen LogP) is 6.47. The van der Waals surface area contributed by atoms with Crippen LogP contribution in [-0.2, 0) is 0 Å². The molecule has 0 aliphatic carbocycles. The molecule has 0 unspecified atom stereocenters. The van der Waals surface area contributed by atoms with Crippen LogP contribution in [0.1, 0.15) is 0 Å². The zero-order valence-corrected chi connectivity index (χ0v) is 14.2. The lowest BCUT2D eigenvalue weighted by Crippen LogP contribution is -1.95. The van der Waals surface area contributed by atoms with E-state index in [-0.39, 0.29) is 0 Å². The average Bonchev–Trinajstić information content (AvgIpc) is 2.70. The van der Waals surface area contributed by atoms with Crippen LogP contribution in [0.15, 0.2) is 91.0 Å². The Hall–Kier alpha value is -3.52. The summed E-state index contributed by atoms with van der Waals surface area (Å²) in [5, 5.41) is 11.1. The van der Waals surface area contributed by atoms with Gasteiger partial charge in [-0.15, -0.1) is 0 Å². The van der Waals surface area contributed by atoms with E-state index in [1.807, 2.05) is 24.3 Å². The van der Waals surface area contributed by atoms with Crippen LogP contribution in [0.5, 0.6) is 0 Å². The van der Waals surface area contributed by atoms with E-state index in [1.165, 1.54) is 32.3 Å². The molecule has 0 saturated carbocycles. The maximum atomic E-state index is 6.08. The van der Waals surface area contributed by atoms with Crippen LogP contribution in [0, 0.1) is 0 Å². The van der Waals surface area contributed by atoms with E-state index in [4.69, 9.17) is 5.73 Å². The normalized spacial score (nSPS) is 11.2.